The molecule has 1 aliphatic rings. The minimum absolute atomic E-state index is 0.148. The molecule has 24 heavy (non-hydrogen) atoms. The second kappa shape index (κ2) is 7.97. The molecule has 0 aromatic heterocycles. The van der Waals surface area contributed by atoms with E-state index >= 15 is 0 Å². The van der Waals surface area contributed by atoms with E-state index in [1.807, 2.05) is 59.5 Å². The van der Waals surface area contributed by atoms with Gasteiger partial charge in [0.05, 0.1) is 12.5 Å². The Labute approximate surface area is 143 Å². The van der Waals surface area contributed by atoms with E-state index in [0.717, 1.165) is 29.8 Å². The zero-order chi connectivity index (χ0) is 16.8. The Morgan fingerprint density at radius 1 is 1.12 bits per heavy atom. The monoisotopic (exact) mass is 325 g/mol. The number of amides is 1. The maximum atomic E-state index is 12.4. The van der Waals surface area contributed by atoms with Gasteiger partial charge in [0.1, 0.15) is 12.4 Å². The molecule has 4 nitrogen and oxygen atoms in total. The average Bonchev–Trinajstić information content (AvgIpc) is 3.11. The van der Waals surface area contributed by atoms with Gasteiger partial charge in [-0.1, -0.05) is 42.5 Å². The molecular formula is C20H23NO3. The van der Waals surface area contributed by atoms with Crippen molar-refractivity contribution >= 4 is 5.91 Å². The molecule has 1 atom stereocenters. The second-order valence-corrected chi connectivity index (χ2v) is 6.08. The number of carbonyl (C=O) groups excluding carboxylic acids is 1. The molecule has 1 saturated heterocycles. The van der Waals surface area contributed by atoms with E-state index < -0.39 is 0 Å². The molecule has 0 aliphatic carbocycles. The Balaban J connectivity index is 1.56. The third-order valence-corrected chi connectivity index (χ3v) is 4.33. The lowest BCUT2D eigenvalue weighted by molar-refractivity contribution is -0.129. The lowest BCUT2D eigenvalue weighted by Gasteiger charge is -2.16. The number of nitrogens with zero attached hydrogens (tertiary/aromatic N) is 1. The Morgan fingerprint density at radius 3 is 2.67 bits per heavy atom. The number of benzene rings is 2. The normalized spacial score (nSPS) is 17.0. The molecule has 1 unspecified atom stereocenters. The van der Waals surface area contributed by atoms with Crippen LogP contribution in [0.15, 0.2) is 54.6 Å². The summed E-state index contributed by atoms with van der Waals surface area (Å²) in [6.45, 7) is 2.00. The lowest BCUT2D eigenvalue weighted by Crippen LogP contribution is -2.31. The molecule has 0 radical (unpaired) electrons. The van der Waals surface area contributed by atoms with Crippen molar-refractivity contribution in [2.45, 2.75) is 25.6 Å². The summed E-state index contributed by atoms with van der Waals surface area (Å²) in [6.07, 6.45) is 1.50. The first-order valence-corrected chi connectivity index (χ1v) is 8.31. The molecule has 0 bridgehead atoms. The van der Waals surface area contributed by atoms with Gasteiger partial charge < -0.3 is 14.4 Å². The van der Waals surface area contributed by atoms with Gasteiger partial charge in [-0.3, -0.25) is 4.79 Å². The quantitative estimate of drug-likeness (QED) is 0.819. The molecule has 0 N–H and O–H groups in total. The number of rotatable bonds is 6. The zero-order valence-corrected chi connectivity index (χ0v) is 14.0. The van der Waals surface area contributed by atoms with E-state index in [1.54, 1.807) is 7.11 Å². The number of carbonyl (C=O) groups is 1. The Hall–Kier alpha value is -2.33. The van der Waals surface area contributed by atoms with E-state index in [4.69, 9.17) is 9.47 Å². The van der Waals surface area contributed by atoms with Gasteiger partial charge in [-0.15, -0.1) is 0 Å². The summed E-state index contributed by atoms with van der Waals surface area (Å²) in [6, 6.07) is 17.8. The summed E-state index contributed by atoms with van der Waals surface area (Å²) in [7, 11) is 1.70. The SMILES string of the molecule is COC1CCN(C(=O)Cc2cccc(OCc3ccccc3)c2)C1. The van der Waals surface area contributed by atoms with Crippen molar-refractivity contribution in [3.8, 4) is 5.75 Å². The molecule has 1 heterocycles. The minimum Gasteiger partial charge on any atom is -0.489 e. The predicted molar refractivity (Wildman–Crippen MR) is 92.9 cm³/mol. The summed E-state index contributed by atoms with van der Waals surface area (Å²) in [5, 5.41) is 0. The highest BCUT2D eigenvalue weighted by Gasteiger charge is 2.25. The Bertz CT molecular complexity index is 672. The fraction of sp³-hybridized carbons (Fsp3) is 0.350. The first kappa shape index (κ1) is 16.5. The van der Waals surface area contributed by atoms with Gasteiger partial charge in [0, 0.05) is 20.2 Å². The number of likely N-dealkylation sites (tertiary alicyclic amines) is 1. The van der Waals surface area contributed by atoms with Crippen LogP contribution in [0.2, 0.25) is 0 Å². The molecular weight excluding hydrogens is 302 g/mol. The number of hydrogen-bond acceptors (Lipinski definition) is 3. The third kappa shape index (κ3) is 4.36. The lowest BCUT2D eigenvalue weighted by atomic mass is 10.1. The maximum Gasteiger partial charge on any atom is 0.227 e. The van der Waals surface area contributed by atoms with E-state index in [-0.39, 0.29) is 12.0 Å². The van der Waals surface area contributed by atoms with Crippen LogP contribution in [0.3, 0.4) is 0 Å². The fourth-order valence-electron chi connectivity index (χ4n) is 2.92. The molecule has 1 fully saturated rings. The average molecular weight is 325 g/mol. The molecule has 4 heteroatoms. The van der Waals surface area contributed by atoms with Crippen molar-refractivity contribution < 1.29 is 14.3 Å². The molecule has 2 aromatic rings. The first-order valence-electron chi connectivity index (χ1n) is 8.31. The van der Waals surface area contributed by atoms with Crippen LogP contribution in [-0.2, 0) is 22.6 Å². The number of ether oxygens (including phenoxy) is 2. The second-order valence-electron chi connectivity index (χ2n) is 6.08. The number of methoxy groups -OCH3 is 1. The highest BCUT2D eigenvalue weighted by molar-refractivity contribution is 5.79. The van der Waals surface area contributed by atoms with E-state index in [1.165, 1.54) is 0 Å². The van der Waals surface area contributed by atoms with Crippen molar-refractivity contribution in [3.05, 3.63) is 65.7 Å². The van der Waals surface area contributed by atoms with Gasteiger partial charge in [0.25, 0.3) is 0 Å². The number of hydrogen-bond donors (Lipinski definition) is 0. The van der Waals surface area contributed by atoms with Gasteiger partial charge in [-0.05, 0) is 29.7 Å². The van der Waals surface area contributed by atoms with Gasteiger partial charge in [-0.2, -0.15) is 0 Å². The maximum absolute atomic E-state index is 12.4. The van der Waals surface area contributed by atoms with Gasteiger partial charge in [0.2, 0.25) is 5.91 Å². The minimum atomic E-state index is 0.148. The van der Waals surface area contributed by atoms with E-state index in [9.17, 15) is 4.79 Å². The van der Waals surface area contributed by atoms with Crippen LogP contribution in [0.1, 0.15) is 17.5 Å². The van der Waals surface area contributed by atoms with Gasteiger partial charge in [-0.25, -0.2) is 0 Å². The molecule has 0 spiro atoms. The summed E-state index contributed by atoms with van der Waals surface area (Å²) < 4.78 is 11.2. The highest BCUT2D eigenvalue weighted by Crippen LogP contribution is 2.18. The van der Waals surface area contributed by atoms with Crippen molar-refractivity contribution in [1.82, 2.24) is 4.90 Å². The summed E-state index contributed by atoms with van der Waals surface area (Å²) in [4.78, 5) is 14.3. The summed E-state index contributed by atoms with van der Waals surface area (Å²) in [5.41, 5.74) is 2.10. The summed E-state index contributed by atoms with van der Waals surface area (Å²) in [5.74, 6) is 0.940. The molecule has 1 aliphatic heterocycles. The largest absolute Gasteiger partial charge is 0.489 e. The van der Waals surface area contributed by atoms with Crippen molar-refractivity contribution in [1.29, 1.82) is 0 Å². The van der Waals surface area contributed by atoms with Gasteiger partial charge >= 0.3 is 0 Å². The molecule has 0 saturated carbocycles. The van der Waals surface area contributed by atoms with Crippen molar-refractivity contribution in [3.63, 3.8) is 0 Å². The topological polar surface area (TPSA) is 38.8 Å². The van der Waals surface area contributed by atoms with Crippen LogP contribution in [0.25, 0.3) is 0 Å². The van der Waals surface area contributed by atoms with Crippen LogP contribution in [0.4, 0.5) is 0 Å². The molecule has 126 valence electrons. The molecule has 1 amide bonds. The van der Waals surface area contributed by atoms with E-state index in [0.29, 0.717) is 19.6 Å². The fourth-order valence-corrected chi connectivity index (χ4v) is 2.92. The Kier molecular flexibility index (Phi) is 5.49. The first-order chi connectivity index (χ1) is 11.7. The van der Waals surface area contributed by atoms with Crippen LogP contribution < -0.4 is 4.74 Å². The Morgan fingerprint density at radius 2 is 1.92 bits per heavy atom. The smallest absolute Gasteiger partial charge is 0.227 e. The molecule has 2 aromatic carbocycles. The predicted octanol–water partition coefficient (Wildman–Crippen LogP) is 3.06. The standard InChI is InChI=1S/C20H23NO3/c1-23-19-10-11-21(14-19)20(22)13-17-8-5-9-18(12-17)24-15-16-6-3-2-4-7-16/h2-9,12,19H,10-11,13-15H2,1H3. The van der Waals surface area contributed by atoms with Crippen LogP contribution in [-0.4, -0.2) is 37.1 Å². The highest BCUT2D eigenvalue weighted by atomic mass is 16.5. The van der Waals surface area contributed by atoms with Crippen molar-refractivity contribution in [2.75, 3.05) is 20.2 Å². The van der Waals surface area contributed by atoms with Crippen LogP contribution in [0, 0.1) is 0 Å². The van der Waals surface area contributed by atoms with Crippen LogP contribution >= 0.6 is 0 Å². The van der Waals surface area contributed by atoms with Crippen molar-refractivity contribution in [2.24, 2.45) is 0 Å². The summed E-state index contributed by atoms with van der Waals surface area (Å²) >= 11 is 0. The van der Waals surface area contributed by atoms with Crippen LogP contribution in [0.5, 0.6) is 5.75 Å². The molecule has 3 rings (SSSR count). The van der Waals surface area contributed by atoms with Gasteiger partial charge in [0.15, 0.2) is 0 Å². The zero-order valence-electron chi connectivity index (χ0n) is 14.0. The van der Waals surface area contributed by atoms with E-state index in [2.05, 4.69) is 0 Å². The third-order valence-electron chi connectivity index (χ3n) is 4.33.